The van der Waals surface area contributed by atoms with Gasteiger partial charge >= 0.3 is 0 Å². The van der Waals surface area contributed by atoms with Gasteiger partial charge in [-0.05, 0) is 31.7 Å². The van der Waals surface area contributed by atoms with E-state index in [1.54, 1.807) is 6.07 Å². The van der Waals surface area contributed by atoms with Crippen molar-refractivity contribution in [1.82, 2.24) is 0 Å². The smallest absolute Gasteiger partial charge is 0.270 e. The number of carbonyl (C=O) groups excluding carboxylic acids is 1. The van der Waals surface area contributed by atoms with E-state index in [4.69, 9.17) is 4.74 Å². The topological polar surface area (TPSA) is 69.4 Å². The number of hydrogen-bond acceptors (Lipinski definition) is 4. The van der Waals surface area contributed by atoms with Crippen LogP contribution in [0.1, 0.15) is 42.5 Å². The Kier molecular flexibility index (Phi) is 2.36. The number of ketones is 1. The first kappa shape index (κ1) is 11.2. The fraction of sp³-hybridized carbons (Fsp3) is 0.462. The first-order valence-corrected chi connectivity index (χ1v) is 6.10. The minimum atomic E-state index is -0.493. The monoisotopic (exact) mass is 247 g/mol. The molecule has 0 saturated heterocycles. The maximum Gasteiger partial charge on any atom is 0.270 e. The number of fused-ring (bicyclic) bond motifs is 1. The van der Waals surface area contributed by atoms with E-state index >= 15 is 0 Å². The van der Waals surface area contributed by atoms with E-state index in [0.717, 1.165) is 25.7 Å². The van der Waals surface area contributed by atoms with Gasteiger partial charge in [-0.25, -0.2) is 0 Å². The summed E-state index contributed by atoms with van der Waals surface area (Å²) >= 11 is 0. The molecule has 1 saturated carbocycles. The molecule has 3 rings (SSSR count). The number of carbonyl (C=O) groups is 1. The molecule has 1 fully saturated rings. The second kappa shape index (κ2) is 3.80. The number of nitrogens with zero attached hydrogens (tertiary/aromatic N) is 1. The molecule has 0 unspecified atom stereocenters. The van der Waals surface area contributed by atoms with Gasteiger partial charge < -0.3 is 4.74 Å². The Hall–Kier alpha value is -1.91. The van der Waals surface area contributed by atoms with Crippen LogP contribution < -0.4 is 4.74 Å². The molecule has 94 valence electrons. The molecule has 0 amide bonds. The summed E-state index contributed by atoms with van der Waals surface area (Å²) in [5.74, 6) is 0.459. The van der Waals surface area contributed by atoms with Gasteiger partial charge in [0.25, 0.3) is 5.69 Å². The van der Waals surface area contributed by atoms with Gasteiger partial charge in [-0.2, -0.15) is 0 Å². The van der Waals surface area contributed by atoms with Crippen molar-refractivity contribution in [3.8, 4) is 5.75 Å². The van der Waals surface area contributed by atoms with E-state index in [0.29, 0.717) is 17.7 Å². The molecule has 0 N–H and O–H groups in total. The van der Waals surface area contributed by atoms with Crippen LogP contribution >= 0.6 is 0 Å². The van der Waals surface area contributed by atoms with Gasteiger partial charge in [-0.3, -0.25) is 14.9 Å². The maximum absolute atomic E-state index is 12.1. The normalized spacial score (nSPS) is 20.6. The zero-order valence-electron chi connectivity index (χ0n) is 9.85. The zero-order chi connectivity index (χ0) is 12.8. The predicted molar refractivity (Wildman–Crippen MR) is 63.9 cm³/mol. The van der Waals surface area contributed by atoms with Crippen molar-refractivity contribution in [3.63, 3.8) is 0 Å². The van der Waals surface area contributed by atoms with Crippen molar-refractivity contribution in [2.45, 2.75) is 37.7 Å². The first-order valence-electron chi connectivity index (χ1n) is 6.10. The third-order valence-corrected chi connectivity index (χ3v) is 3.80. The number of nitro benzene ring substituents is 1. The van der Waals surface area contributed by atoms with Crippen molar-refractivity contribution < 1.29 is 14.5 Å². The molecule has 18 heavy (non-hydrogen) atoms. The molecule has 5 heteroatoms. The highest BCUT2D eigenvalue weighted by molar-refractivity contribution is 6.01. The molecule has 0 bridgehead atoms. The van der Waals surface area contributed by atoms with Crippen LogP contribution in [0.15, 0.2) is 18.2 Å². The van der Waals surface area contributed by atoms with Crippen molar-refractivity contribution in [2.24, 2.45) is 0 Å². The Morgan fingerprint density at radius 3 is 2.67 bits per heavy atom. The van der Waals surface area contributed by atoms with Crippen LogP contribution in [0.25, 0.3) is 0 Å². The van der Waals surface area contributed by atoms with E-state index in [1.165, 1.54) is 12.1 Å². The number of Topliss-reactive ketones (excluding diaryl/α,β-unsaturated/α-hetero) is 1. The Balaban J connectivity index is 2.01. The number of non-ortho nitro benzene ring substituents is 1. The molecule has 1 aromatic carbocycles. The van der Waals surface area contributed by atoms with Gasteiger partial charge in [0.15, 0.2) is 5.78 Å². The Labute approximate surface area is 104 Å². The largest absolute Gasteiger partial charge is 0.486 e. The number of benzene rings is 1. The highest BCUT2D eigenvalue weighted by atomic mass is 16.6. The fourth-order valence-electron chi connectivity index (χ4n) is 2.89. The SMILES string of the molecule is O=C1CC2(CCCC2)Oc2ccc([N+](=O)[O-])cc21. The number of hydrogen-bond donors (Lipinski definition) is 0. The van der Waals surface area contributed by atoms with Crippen molar-refractivity contribution in [3.05, 3.63) is 33.9 Å². The average Bonchev–Trinajstić information content (AvgIpc) is 2.76. The highest BCUT2D eigenvalue weighted by Crippen LogP contribution is 2.43. The Morgan fingerprint density at radius 1 is 1.28 bits per heavy atom. The van der Waals surface area contributed by atoms with E-state index in [2.05, 4.69) is 0 Å². The molecule has 1 aromatic rings. The van der Waals surface area contributed by atoms with Crippen LogP contribution in [0.5, 0.6) is 5.75 Å². The second-order valence-corrected chi connectivity index (χ2v) is 5.03. The molecular formula is C13H13NO4. The van der Waals surface area contributed by atoms with E-state index in [-0.39, 0.29) is 17.1 Å². The Bertz CT molecular complexity index is 532. The summed E-state index contributed by atoms with van der Waals surface area (Å²) in [6, 6.07) is 4.25. The van der Waals surface area contributed by atoms with Crippen molar-refractivity contribution in [2.75, 3.05) is 0 Å². The number of rotatable bonds is 1. The average molecular weight is 247 g/mol. The molecule has 0 radical (unpaired) electrons. The van der Waals surface area contributed by atoms with Gasteiger partial charge in [0.1, 0.15) is 11.4 Å². The highest BCUT2D eigenvalue weighted by Gasteiger charge is 2.42. The molecule has 1 aliphatic carbocycles. The van der Waals surface area contributed by atoms with Gasteiger partial charge in [0.05, 0.1) is 16.9 Å². The number of nitro groups is 1. The standard InChI is InChI=1S/C13H13NO4/c15-11-8-13(5-1-2-6-13)18-12-4-3-9(14(16)17)7-10(11)12/h3-4,7H,1-2,5-6,8H2. The molecule has 1 heterocycles. The van der Waals surface area contributed by atoms with Gasteiger partial charge in [-0.1, -0.05) is 0 Å². The Morgan fingerprint density at radius 2 is 2.00 bits per heavy atom. The summed E-state index contributed by atoms with van der Waals surface area (Å²) < 4.78 is 5.94. The van der Waals surface area contributed by atoms with E-state index < -0.39 is 4.92 Å². The summed E-state index contributed by atoms with van der Waals surface area (Å²) in [5, 5.41) is 10.7. The van der Waals surface area contributed by atoms with Crippen LogP contribution in [0.2, 0.25) is 0 Å². The van der Waals surface area contributed by atoms with Crippen LogP contribution in [-0.4, -0.2) is 16.3 Å². The lowest BCUT2D eigenvalue weighted by Gasteiger charge is -2.34. The lowest BCUT2D eigenvalue weighted by atomic mass is 9.88. The van der Waals surface area contributed by atoms with Gasteiger partial charge in [-0.15, -0.1) is 0 Å². The molecule has 1 spiro atoms. The summed E-state index contributed by atoms with van der Waals surface area (Å²) in [5.41, 5.74) is -0.0602. The molecule has 5 nitrogen and oxygen atoms in total. The lowest BCUT2D eigenvalue weighted by Crippen LogP contribution is -2.39. The van der Waals surface area contributed by atoms with E-state index in [1.807, 2.05) is 0 Å². The predicted octanol–water partition coefficient (Wildman–Crippen LogP) is 2.87. The van der Waals surface area contributed by atoms with E-state index in [9.17, 15) is 14.9 Å². The summed E-state index contributed by atoms with van der Waals surface area (Å²) in [7, 11) is 0. The van der Waals surface area contributed by atoms with Crippen LogP contribution in [0.4, 0.5) is 5.69 Å². The second-order valence-electron chi connectivity index (χ2n) is 5.03. The van der Waals surface area contributed by atoms with Gasteiger partial charge in [0, 0.05) is 12.1 Å². The summed E-state index contributed by atoms with van der Waals surface area (Å²) in [6.45, 7) is 0. The quantitative estimate of drug-likeness (QED) is 0.565. The molecule has 1 aliphatic heterocycles. The lowest BCUT2D eigenvalue weighted by molar-refractivity contribution is -0.384. The molecule has 0 aromatic heterocycles. The maximum atomic E-state index is 12.1. The zero-order valence-corrected chi connectivity index (χ0v) is 9.85. The minimum absolute atomic E-state index is 0.0400. The van der Waals surface area contributed by atoms with Crippen LogP contribution in [0, 0.1) is 10.1 Å². The third kappa shape index (κ3) is 1.66. The molecule has 2 aliphatic rings. The molecular weight excluding hydrogens is 234 g/mol. The molecule has 0 atom stereocenters. The summed E-state index contributed by atoms with van der Waals surface area (Å²) in [4.78, 5) is 22.3. The van der Waals surface area contributed by atoms with Crippen LogP contribution in [-0.2, 0) is 0 Å². The fourth-order valence-corrected chi connectivity index (χ4v) is 2.89. The summed E-state index contributed by atoms with van der Waals surface area (Å²) in [6.07, 6.45) is 4.30. The van der Waals surface area contributed by atoms with Crippen molar-refractivity contribution in [1.29, 1.82) is 0 Å². The number of ether oxygens (including phenoxy) is 1. The first-order chi connectivity index (χ1) is 8.60. The van der Waals surface area contributed by atoms with Gasteiger partial charge in [0.2, 0.25) is 0 Å². The third-order valence-electron chi connectivity index (χ3n) is 3.80. The van der Waals surface area contributed by atoms with Crippen molar-refractivity contribution >= 4 is 11.5 Å². The minimum Gasteiger partial charge on any atom is -0.486 e. The van der Waals surface area contributed by atoms with Crippen LogP contribution in [0.3, 0.4) is 0 Å².